The minimum Gasteiger partial charge on any atom is -0.462 e. The number of aryl methyl sites for hydroxylation is 3. The third-order valence-electron chi connectivity index (χ3n) is 16.7. The number of esters is 2. The Morgan fingerprint density at radius 1 is 0.437 bits per heavy atom. The van der Waals surface area contributed by atoms with Crippen LogP contribution in [0.1, 0.15) is 185 Å². The molecule has 9 aromatic carbocycles. The maximum atomic E-state index is 14.4. The Labute approximate surface area is 514 Å². The van der Waals surface area contributed by atoms with Gasteiger partial charge in [-0.3, -0.25) is 9.59 Å². The van der Waals surface area contributed by atoms with Crippen LogP contribution in [-0.4, -0.2) is 36.8 Å². The third kappa shape index (κ3) is 16.9. The van der Waals surface area contributed by atoms with E-state index in [1.165, 1.54) is 22.3 Å². The number of nitrogens with one attached hydrogen (secondary N) is 1. The van der Waals surface area contributed by atoms with Gasteiger partial charge in [-0.05, 0) is 162 Å². The summed E-state index contributed by atoms with van der Waals surface area (Å²) in [6, 6.07) is 70.2. The first-order valence-electron chi connectivity index (χ1n) is 30.5. The van der Waals surface area contributed by atoms with Gasteiger partial charge in [-0.25, -0.2) is 9.59 Å². The van der Waals surface area contributed by atoms with Crippen LogP contribution in [0.4, 0.5) is 5.69 Å². The number of carbonyl (C=O) groups is 4. The second-order valence-electron chi connectivity index (χ2n) is 23.4. The number of amides is 1. The number of Topliss-reactive ketones (excluding diaryl/α,β-unsaturated/α-hetero) is 1. The van der Waals surface area contributed by atoms with Gasteiger partial charge in [0.2, 0.25) is 0 Å². The standard InChI is InChI=1S/C80H79NO6/c1-8-65(67-37-31-60(32-38-67)29-27-58-21-15-55(3)16-22-58)47-49-86-78(84)73-46-36-63(52-74(73)76(82)54-62-25-19-57(5)20-26-62)51-64-35-45-72(77(83)81-71-43-41-70(42-44-71)80(6,7)69-13-11-10-12-14-69)75(53-64)79(85)87-50-48-66(9-2)68-39-33-61(34-40-68)30-28-59-23-17-56(4)18-24-59/h10-46,52-53,65-66H,8-9,47-51,54H2,1-7H3,(H,81,83)/b29-27+,30-28+. The second kappa shape index (κ2) is 29.6. The highest BCUT2D eigenvalue weighted by atomic mass is 16.5. The number of ketones is 1. The zero-order valence-corrected chi connectivity index (χ0v) is 51.3. The second-order valence-corrected chi connectivity index (χ2v) is 23.4. The molecule has 0 aliphatic heterocycles. The lowest BCUT2D eigenvalue weighted by molar-refractivity contribution is 0.0481. The summed E-state index contributed by atoms with van der Waals surface area (Å²) in [7, 11) is 0. The van der Waals surface area contributed by atoms with E-state index in [1.54, 1.807) is 24.3 Å². The predicted octanol–water partition coefficient (Wildman–Crippen LogP) is 19.0. The maximum absolute atomic E-state index is 14.4. The van der Waals surface area contributed by atoms with Crippen LogP contribution in [0.25, 0.3) is 24.3 Å². The van der Waals surface area contributed by atoms with Crippen molar-refractivity contribution in [1.82, 2.24) is 0 Å². The Kier molecular flexibility index (Phi) is 21.1. The average Bonchev–Trinajstić information content (AvgIpc) is 3.31. The quantitative estimate of drug-likeness (QED) is 0.0348. The first kappa shape index (κ1) is 62.1. The van der Waals surface area contributed by atoms with Crippen molar-refractivity contribution in [2.75, 3.05) is 18.5 Å². The summed E-state index contributed by atoms with van der Waals surface area (Å²) in [6.45, 7) is 15.1. The van der Waals surface area contributed by atoms with E-state index in [9.17, 15) is 19.2 Å². The summed E-state index contributed by atoms with van der Waals surface area (Å²) in [4.78, 5) is 57.3. The van der Waals surface area contributed by atoms with E-state index in [0.717, 1.165) is 62.9 Å². The molecule has 9 rings (SSSR count). The van der Waals surface area contributed by atoms with Gasteiger partial charge < -0.3 is 14.8 Å². The van der Waals surface area contributed by atoms with E-state index in [-0.39, 0.29) is 71.3 Å². The number of anilines is 1. The van der Waals surface area contributed by atoms with Crippen LogP contribution in [0, 0.1) is 20.8 Å². The highest BCUT2D eigenvalue weighted by Gasteiger charge is 2.25. The van der Waals surface area contributed by atoms with Crippen LogP contribution in [0.3, 0.4) is 0 Å². The molecule has 0 radical (unpaired) electrons. The number of hydrogen-bond acceptors (Lipinski definition) is 6. The zero-order chi connectivity index (χ0) is 61.3. The van der Waals surface area contributed by atoms with Crippen molar-refractivity contribution in [3.05, 3.63) is 312 Å². The van der Waals surface area contributed by atoms with Crippen LogP contribution < -0.4 is 5.32 Å². The van der Waals surface area contributed by atoms with Gasteiger partial charge in [0, 0.05) is 23.1 Å². The van der Waals surface area contributed by atoms with Crippen molar-refractivity contribution >= 4 is 53.6 Å². The summed E-state index contributed by atoms with van der Waals surface area (Å²) in [6.07, 6.45) is 11.7. The molecule has 87 heavy (non-hydrogen) atoms. The van der Waals surface area contributed by atoms with E-state index in [1.807, 2.05) is 85.8 Å². The van der Waals surface area contributed by atoms with Crippen molar-refractivity contribution in [2.24, 2.45) is 0 Å². The molecule has 2 unspecified atom stereocenters. The molecule has 1 N–H and O–H groups in total. The van der Waals surface area contributed by atoms with E-state index in [0.29, 0.717) is 24.1 Å². The highest BCUT2D eigenvalue weighted by molar-refractivity contribution is 6.11. The molecule has 2 atom stereocenters. The molecule has 0 spiro atoms. The average molecular weight is 1150 g/mol. The summed E-state index contributed by atoms with van der Waals surface area (Å²) < 4.78 is 12.1. The molecule has 0 aromatic heterocycles. The van der Waals surface area contributed by atoms with Gasteiger partial charge in [-0.2, -0.15) is 0 Å². The number of rotatable bonds is 25. The fourth-order valence-electron chi connectivity index (χ4n) is 11.0. The van der Waals surface area contributed by atoms with Gasteiger partial charge >= 0.3 is 11.9 Å². The molecular formula is C80H79NO6. The monoisotopic (exact) mass is 1150 g/mol. The minimum atomic E-state index is -0.617. The Bertz CT molecular complexity index is 3840. The third-order valence-corrected chi connectivity index (χ3v) is 16.7. The van der Waals surface area contributed by atoms with Crippen molar-refractivity contribution in [1.29, 1.82) is 0 Å². The Hall–Kier alpha value is -9.46. The first-order valence-corrected chi connectivity index (χ1v) is 30.5. The number of carbonyl (C=O) groups excluding carboxylic acids is 4. The summed E-state index contributed by atoms with van der Waals surface area (Å²) >= 11 is 0. The largest absolute Gasteiger partial charge is 0.462 e. The van der Waals surface area contributed by atoms with Crippen molar-refractivity contribution in [2.45, 2.75) is 104 Å². The van der Waals surface area contributed by atoms with Crippen molar-refractivity contribution < 1.29 is 28.7 Å². The molecule has 0 saturated heterocycles. The molecule has 7 nitrogen and oxygen atoms in total. The Balaban J connectivity index is 0.927. The van der Waals surface area contributed by atoms with E-state index >= 15 is 0 Å². The molecular weight excluding hydrogens is 1070 g/mol. The topological polar surface area (TPSA) is 98.8 Å². The molecule has 7 heteroatoms. The van der Waals surface area contributed by atoms with Gasteiger partial charge in [0.25, 0.3) is 5.91 Å². The van der Waals surface area contributed by atoms with Gasteiger partial charge in [0.05, 0.1) is 29.9 Å². The van der Waals surface area contributed by atoms with Crippen molar-refractivity contribution in [3.8, 4) is 0 Å². The van der Waals surface area contributed by atoms with Gasteiger partial charge in [0.1, 0.15) is 0 Å². The summed E-state index contributed by atoms with van der Waals surface area (Å²) in [5.74, 6) is -1.56. The SMILES string of the molecule is CCC(CCOC(=O)c1ccc(Cc2ccc(C(=O)Nc3ccc(C(C)(C)c4ccccc4)cc3)c(C(=O)OCCC(CC)c3ccc(/C=C/c4ccc(C)cc4)cc3)c2)cc1C(=O)Cc1ccc(C)cc1)c1ccc(/C=C/c2ccc(C)cc2)cc1. The summed E-state index contributed by atoms with van der Waals surface area (Å²) in [5, 5.41) is 3.04. The number of ether oxygens (including phenoxy) is 2. The smallest absolute Gasteiger partial charge is 0.338 e. The highest BCUT2D eigenvalue weighted by Crippen LogP contribution is 2.33. The molecule has 0 saturated carbocycles. The minimum absolute atomic E-state index is 0.0848. The van der Waals surface area contributed by atoms with Crippen LogP contribution >= 0.6 is 0 Å². The molecule has 9 aromatic rings. The lowest BCUT2D eigenvalue weighted by Gasteiger charge is -2.26. The molecule has 0 fully saturated rings. The van der Waals surface area contributed by atoms with E-state index < -0.39 is 17.8 Å². The zero-order valence-electron chi connectivity index (χ0n) is 51.3. The van der Waals surface area contributed by atoms with E-state index in [4.69, 9.17) is 9.47 Å². The number of benzene rings is 9. The first-order chi connectivity index (χ1) is 42.1. The Morgan fingerprint density at radius 2 is 0.839 bits per heavy atom. The van der Waals surface area contributed by atoms with E-state index in [2.05, 4.69) is 180 Å². The number of hydrogen-bond donors (Lipinski definition) is 1. The molecule has 0 aliphatic rings. The molecule has 0 bridgehead atoms. The fraction of sp³-hybridized carbons (Fsp3) is 0.225. The van der Waals surface area contributed by atoms with Crippen LogP contribution in [0.2, 0.25) is 0 Å². The van der Waals surface area contributed by atoms with Gasteiger partial charge in [0.15, 0.2) is 5.78 Å². The predicted molar refractivity (Wildman–Crippen MR) is 357 cm³/mol. The maximum Gasteiger partial charge on any atom is 0.338 e. The lowest BCUT2D eigenvalue weighted by Crippen LogP contribution is -2.20. The lowest BCUT2D eigenvalue weighted by atomic mass is 9.78. The molecule has 1 amide bonds. The van der Waals surface area contributed by atoms with Crippen LogP contribution in [0.15, 0.2) is 212 Å². The van der Waals surface area contributed by atoms with Crippen LogP contribution in [-0.2, 0) is 27.7 Å². The summed E-state index contributed by atoms with van der Waals surface area (Å²) in [5.41, 5.74) is 15.9. The molecule has 0 heterocycles. The van der Waals surface area contributed by atoms with Gasteiger partial charge in [-0.1, -0.05) is 245 Å². The molecule has 0 aliphatic carbocycles. The van der Waals surface area contributed by atoms with Crippen LogP contribution in [0.5, 0.6) is 0 Å². The Morgan fingerprint density at radius 3 is 1.31 bits per heavy atom. The molecule has 440 valence electrons. The van der Waals surface area contributed by atoms with Gasteiger partial charge in [-0.15, -0.1) is 0 Å². The normalized spacial score (nSPS) is 12.2. The fourth-order valence-corrected chi connectivity index (χ4v) is 11.0. The van der Waals surface area contributed by atoms with Crippen molar-refractivity contribution in [3.63, 3.8) is 0 Å².